The maximum absolute atomic E-state index is 15.0. The summed E-state index contributed by atoms with van der Waals surface area (Å²) in [6, 6.07) is 10.2. The topological polar surface area (TPSA) is 82.7 Å². The first-order chi connectivity index (χ1) is 18.1. The van der Waals surface area contributed by atoms with E-state index in [2.05, 4.69) is 11.3 Å². The highest BCUT2D eigenvalue weighted by molar-refractivity contribution is 6.31. The van der Waals surface area contributed by atoms with Crippen molar-refractivity contribution in [2.24, 2.45) is 5.92 Å². The Bertz CT molecular complexity index is 1360. The van der Waals surface area contributed by atoms with Crippen molar-refractivity contribution < 1.29 is 37.3 Å². The Morgan fingerprint density at radius 3 is 2.47 bits per heavy atom. The molecular weight excluding hydrogens is 523 g/mol. The first-order valence-electron chi connectivity index (χ1n) is 11.8. The first-order valence-corrected chi connectivity index (χ1v) is 12.2. The fourth-order valence-corrected chi connectivity index (χ4v) is 4.52. The molecule has 1 aliphatic carbocycles. The maximum Gasteiger partial charge on any atom is 0.387 e. The molecule has 38 heavy (non-hydrogen) atoms. The molecule has 1 aromatic heterocycles. The SMILES string of the molecule is C=C(O)c1ccc(CC(=O)C(CC2CC2)c2cc(OC)c(-c3c(OC(F)F)ccc(Cl)c3F)c[n+]2[O-])cc1. The molecule has 0 spiro atoms. The maximum atomic E-state index is 15.0. The lowest BCUT2D eigenvalue weighted by atomic mass is 9.89. The van der Waals surface area contributed by atoms with Gasteiger partial charge in [-0.15, -0.1) is 0 Å². The van der Waals surface area contributed by atoms with Crippen molar-refractivity contribution in [3.63, 3.8) is 0 Å². The molecule has 1 unspecified atom stereocenters. The highest BCUT2D eigenvalue weighted by atomic mass is 35.5. The summed E-state index contributed by atoms with van der Waals surface area (Å²) in [5.41, 5.74) is 0.705. The molecule has 0 saturated heterocycles. The van der Waals surface area contributed by atoms with E-state index in [1.807, 2.05) is 0 Å². The van der Waals surface area contributed by atoms with E-state index in [4.69, 9.17) is 16.3 Å². The van der Waals surface area contributed by atoms with Crippen molar-refractivity contribution in [3.8, 4) is 22.6 Å². The molecule has 6 nitrogen and oxygen atoms in total. The molecule has 0 radical (unpaired) electrons. The molecular formula is C28H25ClF3NO5. The summed E-state index contributed by atoms with van der Waals surface area (Å²) < 4.78 is 51.4. The summed E-state index contributed by atoms with van der Waals surface area (Å²) in [7, 11) is 1.28. The van der Waals surface area contributed by atoms with E-state index in [1.54, 1.807) is 24.3 Å². The third-order valence-corrected chi connectivity index (χ3v) is 6.78. The van der Waals surface area contributed by atoms with Crippen molar-refractivity contribution in [3.05, 3.63) is 88.1 Å². The van der Waals surface area contributed by atoms with Gasteiger partial charge in [0.15, 0.2) is 17.8 Å². The number of hydrogen-bond donors (Lipinski definition) is 1. The van der Waals surface area contributed by atoms with E-state index in [0.29, 0.717) is 22.3 Å². The number of carbonyl (C=O) groups is 1. The van der Waals surface area contributed by atoms with Gasteiger partial charge in [-0.1, -0.05) is 55.3 Å². The van der Waals surface area contributed by atoms with Crippen LogP contribution in [0, 0.1) is 16.9 Å². The average molecular weight is 548 g/mol. The third kappa shape index (κ3) is 6.05. The van der Waals surface area contributed by atoms with Crippen molar-refractivity contribution >= 4 is 23.1 Å². The zero-order valence-corrected chi connectivity index (χ0v) is 21.2. The van der Waals surface area contributed by atoms with E-state index in [9.17, 15) is 23.9 Å². The summed E-state index contributed by atoms with van der Waals surface area (Å²) in [4.78, 5) is 13.4. The number of rotatable bonds is 11. The van der Waals surface area contributed by atoms with Crippen LogP contribution in [0.2, 0.25) is 5.02 Å². The summed E-state index contributed by atoms with van der Waals surface area (Å²) >= 11 is 5.89. The molecule has 10 heteroatoms. The highest BCUT2D eigenvalue weighted by Gasteiger charge is 2.36. The van der Waals surface area contributed by atoms with Gasteiger partial charge in [-0.25, -0.2) is 4.39 Å². The van der Waals surface area contributed by atoms with E-state index in [-0.39, 0.29) is 45.9 Å². The Labute approximate surface area is 222 Å². The largest absolute Gasteiger partial charge is 0.618 e. The van der Waals surface area contributed by atoms with Crippen LogP contribution >= 0.6 is 11.6 Å². The highest BCUT2D eigenvalue weighted by Crippen LogP contribution is 2.43. The number of ether oxygens (including phenoxy) is 2. The zero-order chi connectivity index (χ0) is 27.6. The minimum atomic E-state index is -3.25. The van der Waals surface area contributed by atoms with Crippen LogP contribution in [0.15, 0.2) is 55.2 Å². The van der Waals surface area contributed by atoms with E-state index < -0.39 is 29.7 Å². The molecule has 1 saturated carbocycles. The van der Waals surface area contributed by atoms with Gasteiger partial charge in [0.1, 0.15) is 23.2 Å². The van der Waals surface area contributed by atoms with Gasteiger partial charge in [-0.3, -0.25) is 4.79 Å². The van der Waals surface area contributed by atoms with Gasteiger partial charge in [-0.2, -0.15) is 13.5 Å². The fraction of sp³-hybridized carbons (Fsp3) is 0.286. The molecule has 200 valence electrons. The zero-order valence-electron chi connectivity index (χ0n) is 20.4. The number of benzene rings is 2. The number of carbonyl (C=O) groups excluding carboxylic acids is 1. The lowest BCUT2D eigenvalue weighted by molar-refractivity contribution is -0.614. The molecule has 1 heterocycles. The van der Waals surface area contributed by atoms with Gasteiger partial charge >= 0.3 is 6.61 Å². The van der Waals surface area contributed by atoms with Gasteiger partial charge in [0, 0.05) is 12.0 Å². The van der Waals surface area contributed by atoms with Crippen LogP contribution in [-0.2, 0) is 11.2 Å². The number of pyridine rings is 1. The Morgan fingerprint density at radius 1 is 1.21 bits per heavy atom. The second kappa shape index (κ2) is 11.3. The minimum Gasteiger partial charge on any atom is -0.618 e. The number of nitrogens with zero attached hydrogens (tertiary/aromatic N) is 1. The molecule has 1 fully saturated rings. The Morgan fingerprint density at radius 2 is 1.89 bits per heavy atom. The Hall–Kier alpha value is -3.72. The van der Waals surface area contributed by atoms with Crippen molar-refractivity contribution in [1.29, 1.82) is 0 Å². The molecule has 3 aromatic rings. The molecule has 0 bridgehead atoms. The number of Topliss-reactive ketones (excluding diaryl/α,β-unsaturated/α-hetero) is 1. The molecule has 0 aliphatic heterocycles. The van der Waals surface area contributed by atoms with Crippen LogP contribution in [0.5, 0.6) is 11.5 Å². The van der Waals surface area contributed by atoms with Gasteiger partial charge in [-0.05, 0) is 30.0 Å². The number of halogens is 4. The normalized spacial score (nSPS) is 13.8. The third-order valence-electron chi connectivity index (χ3n) is 6.48. The lowest BCUT2D eigenvalue weighted by Gasteiger charge is -2.19. The minimum absolute atomic E-state index is 0.00760. The van der Waals surface area contributed by atoms with Gasteiger partial charge in [0.2, 0.25) is 5.69 Å². The Balaban J connectivity index is 1.74. The van der Waals surface area contributed by atoms with E-state index in [1.165, 1.54) is 13.2 Å². The van der Waals surface area contributed by atoms with Crippen LogP contribution in [-0.4, -0.2) is 24.6 Å². The van der Waals surface area contributed by atoms with E-state index >= 15 is 4.39 Å². The molecule has 1 aliphatic rings. The monoisotopic (exact) mass is 547 g/mol. The number of ketones is 1. The number of aromatic nitrogens is 1. The lowest BCUT2D eigenvalue weighted by Crippen LogP contribution is -2.36. The standard InChI is InChI=1S/C28H25ClF3NO5/c1-15(34)18-7-5-17(6-8-18)12-23(35)19(11-16-3-4-16)22-13-25(37-2)20(14-33(22)36)26-24(38-28(31)32)10-9-21(29)27(26)30/h5-10,13-14,16,19,28,34H,1,3-4,11-12H2,2H3. The summed E-state index contributed by atoms with van der Waals surface area (Å²) in [6.07, 6.45) is 3.34. The summed E-state index contributed by atoms with van der Waals surface area (Å²) in [5.74, 6) is -2.38. The summed E-state index contributed by atoms with van der Waals surface area (Å²) in [6.45, 7) is 0.225. The number of hydrogen-bond acceptors (Lipinski definition) is 5. The van der Waals surface area contributed by atoms with Crippen LogP contribution in [0.1, 0.15) is 42.0 Å². The molecule has 2 aromatic carbocycles. The van der Waals surface area contributed by atoms with Crippen molar-refractivity contribution in [1.82, 2.24) is 0 Å². The second-order valence-corrected chi connectivity index (χ2v) is 9.54. The van der Waals surface area contributed by atoms with Gasteiger partial charge in [0.25, 0.3) is 0 Å². The average Bonchev–Trinajstić information content (AvgIpc) is 3.69. The van der Waals surface area contributed by atoms with Crippen LogP contribution < -0.4 is 14.2 Å². The molecule has 0 amide bonds. The van der Waals surface area contributed by atoms with Crippen LogP contribution in [0.4, 0.5) is 13.2 Å². The number of aliphatic hydroxyl groups excluding tert-OH is 1. The predicted molar refractivity (Wildman–Crippen MR) is 136 cm³/mol. The van der Waals surface area contributed by atoms with E-state index in [0.717, 1.165) is 31.2 Å². The smallest absolute Gasteiger partial charge is 0.387 e. The molecule has 1 atom stereocenters. The van der Waals surface area contributed by atoms with Crippen LogP contribution in [0.25, 0.3) is 16.9 Å². The van der Waals surface area contributed by atoms with Crippen molar-refractivity contribution in [2.75, 3.05) is 7.11 Å². The number of aliphatic hydroxyl groups is 1. The first kappa shape index (κ1) is 27.3. The van der Waals surface area contributed by atoms with Gasteiger partial charge < -0.3 is 19.8 Å². The van der Waals surface area contributed by atoms with Gasteiger partial charge in [0.05, 0.1) is 29.3 Å². The number of methoxy groups -OCH3 is 1. The predicted octanol–water partition coefficient (Wildman–Crippen LogP) is 6.61. The van der Waals surface area contributed by atoms with Crippen molar-refractivity contribution in [2.45, 2.75) is 38.2 Å². The second-order valence-electron chi connectivity index (χ2n) is 9.14. The Kier molecular flexibility index (Phi) is 8.16. The number of alkyl halides is 2. The quantitative estimate of drug-likeness (QED) is 0.166. The molecule has 1 N–H and O–H groups in total. The molecule has 4 rings (SSSR count). The van der Waals surface area contributed by atoms with Crippen LogP contribution in [0.3, 0.4) is 0 Å². The fourth-order valence-electron chi connectivity index (χ4n) is 4.36. The summed E-state index contributed by atoms with van der Waals surface area (Å²) in [5, 5.41) is 22.4.